The molecule has 18 heavy (non-hydrogen) atoms. The summed E-state index contributed by atoms with van der Waals surface area (Å²) in [5, 5.41) is 2.50. The van der Waals surface area contributed by atoms with Gasteiger partial charge in [-0.25, -0.2) is 0 Å². The number of rotatable bonds is 4. The first-order valence-electron chi connectivity index (χ1n) is 4.99. The topological polar surface area (TPSA) is 38.3 Å². The van der Waals surface area contributed by atoms with Gasteiger partial charge in [0.1, 0.15) is 13.2 Å². The molecule has 0 bridgehead atoms. The van der Waals surface area contributed by atoms with E-state index in [9.17, 15) is 18.0 Å². The number of hydrogen-bond donors (Lipinski definition) is 1. The van der Waals surface area contributed by atoms with Crippen molar-refractivity contribution in [3.05, 3.63) is 27.3 Å². The summed E-state index contributed by atoms with van der Waals surface area (Å²) in [5.41, 5.74) is 1.43. The molecule has 0 saturated carbocycles. The van der Waals surface area contributed by atoms with Crippen LogP contribution in [0.3, 0.4) is 0 Å². The zero-order valence-electron chi connectivity index (χ0n) is 9.47. The van der Waals surface area contributed by atoms with Crippen LogP contribution in [0.25, 0.3) is 0 Å². The predicted octanol–water partition coefficient (Wildman–Crippen LogP) is 3.12. The summed E-state index contributed by atoms with van der Waals surface area (Å²) in [4.78, 5) is 11.4. The second-order valence-electron chi connectivity index (χ2n) is 3.57. The van der Waals surface area contributed by atoms with Gasteiger partial charge < -0.3 is 10.1 Å². The standard InChI is InChI=1S/C11H11F3INO2/c1-7-8(15)3-2-4-9(7)16-10(17)5-18-6-11(12,13)14/h2-4H,5-6H2,1H3,(H,16,17). The van der Waals surface area contributed by atoms with E-state index in [4.69, 9.17) is 0 Å². The lowest BCUT2D eigenvalue weighted by Crippen LogP contribution is -2.24. The Morgan fingerprint density at radius 2 is 2.11 bits per heavy atom. The van der Waals surface area contributed by atoms with Crippen LogP contribution in [0.15, 0.2) is 18.2 Å². The minimum absolute atomic E-state index is 0.572. The monoisotopic (exact) mass is 373 g/mol. The molecule has 100 valence electrons. The normalized spacial score (nSPS) is 11.4. The predicted molar refractivity (Wildman–Crippen MR) is 69.4 cm³/mol. The van der Waals surface area contributed by atoms with E-state index in [2.05, 4.69) is 32.6 Å². The van der Waals surface area contributed by atoms with E-state index >= 15 is 0 Å². The summed E-state index contributed by atoms with van der Waals surface area (Å²) >= 11 is 2.10. The summed E-state index contributed by atoms with van der Waals surface area (Å²) in [7, 11) is 0. The van der Waals surface area contributed by atoms with E-state index in [1.54, 1.807) is 12.1 Å². The zero-order valence-corrected chi connectivity index (χ0v) is 11.6. The number of benzene rings is 1. The van der Waals surface area contributed by atoms with Crippen molar-refractivity contribution >= 4 is 34.2 Å². The quantitative estimate of drug-likeness (QED) is 0.824. The summed E-state index contributed by atoms with van der Waals surface area (Å²) < 4.78 is 40.6. The van der Waals surface area contributed by atoms with Crippen LogP contribution in [0, 0.1) is 10.5 Å². The third kappa shape index (κ3) is 5.21. The van der Waals surface area contributed by atoms with Crippen molar-refractivity contribution in [1.82, 2.24) is 0 Å². The van der Waals surface area contributed by atoms with Crippen LogP contribution in [0.5, 0.6) is 0 Å². The number of anilines is 1. The van der Waals surface area contributed by atoms with E-state index in [-0.39, 0.29) is 0 Å². The van der Waals surface area contributed by atoms with Gasteiger partial charge in [-0.15, -0.1) is 0 Å². The van der Waals surface area contributed by atoms with Crippen LogP contribution >= 0.6 is 22.6 Å². The molecule has 0 fully saturated rings. The van der Waals surface area contributed by atoms with Crippen LogP contribution in [0.4, 0.5) is 18.9 Å². The molecule has 3 nitrogen and oxygen atoms in total. The summed E-state index contributed by atoms with van der Waals surface area (Å²) in [6.45, 7) is -0.232. The fraction of sp³-hybridized carbons (Fsp3) is 0.364. The molecular weight excluding hydrogens is 362 g/mol. The Balaban J connectivity index is 2.48. The van der Waals surface area contributed by atoms with Crippen molar-refractivity contribution in [1.29, 1.82) is 0 Å². The average Bonchev–Trinajstić information content (AvgIpc) is 2.23. The van der Waals surface area contributed by atoms with Crippen LogP contribution in [-0.2, 0) is 9.53 Å². The first-order chi connectivity index (χ1) is 8.29. The van der Waals surface area contributed by atoms with Gasteiger partial charge in [0.25, 0.3) is 0 Å². The average molecular weight is 373 g/mol. The number of amides is 1. The second kappa shape index (κ2) is 6.37. The maximum atomic E-state index is 11.8. The van der Waals surface area contributed by atoms with Crippen molar-refractivity contribution < 1.29 is 22.7 Å². The fourth-order valence-corrected chi connectivity index (χ4v) is 1.69. The molecule has 1 aromatic carbocycles. The van der Waals surface area contributed by atoms with Crippen molar-refractivity contribution in [3.8, 4) is 0 Å². The van der Waals surface area contributed by atoms with Crippen molar-refractivity contribution in [2.45, 2.75) is 13.1 Å². The fourth-order valence-electron chi connectivity index (χ4n) is 1.19. The Morgan fingerprint density at radius 3 is 2.72 bits per heavy atom. The van der Waals surface area contributed by atoms with E-state index in [0.717, 1.165) is 9.13 Å². The van der Waals surface area contributed by atoms with Crippen molar-refractivity contribution in [2.24, 2.45) is 0 Å². The van der Waals surface area contributed by atoms with Crippen LogP contribution in [0.2, 0.25) is 0 Å². The minimum Gasteiger partial charge on any atom is -0.362 e. The van der Waals surface area contributed by atoms with E-state index in [1.165, 1.54) is 0 Å². The van der Waals surface area contributed by atoms with E-state index in [0.29, 0.717) is 5.69 Å². The van der Waals surface area contributed by atoms with Crippen LogP contribution in [0.1, 0.15) is 5.56 Å². The smallest absolute Gasteiger partial charge is 0.362 e. The molecule has 0 atom stereocenters. The molecule has 0 heterocycles. The summed E-state index contributed by atoms with van der Waals surface area (Å²) in [6, 6.07) is 5.30. The zero-order chi connectivity index (χ0) is 13.8. The Kier molecular flexibility index (Phi) is 5.39. The molecule has 0 aliphatic carbocycles. The highest BCUT2D eigenvalue weighted by Gasteiger charge is 2.27. The molecule has 0 aliphatic rings. The molecule has 1 aromatic rings. The number of carbonyl (C=O) groups is 1. The maximum absolute atomic E-state index is 11.8. The van der Waals surface area contributed by atoms with Gasteiger partial charge >= 0.3 is 6.18 Å². The second-order valence-corrected chi connectivity index (χ2v) is 4.73. The van der Waals surface area contributed by atoms with Crippen molar-refractivity contribution in [2.75, 3.05) is 18.5 Å². The van der Waals surface area contributed by atoms with Crippen LogP contribution < -0.4 is 5.32 Å². The van der Waals surface area contributed by atoms with Gasteiger partial charge in [0.2, 0.25) is 5.91 Å². The number of nitrogens with one attached hydrogen (secondary N) is 1. The Labute approximate surface area is 116 Å². The number of ether oxygens (including phenoxy) is 1. The lowest BCUT2D eigenvalue weighted by molar-refractivity contribution is -0.174. The molecule has 7 heteroatoms. The molecule has 0 unspecified atom stereocenters. The Hall–Kier alpha value is -0.830. The SMILES string of the molecule is Cc1c(I)cccc1NC(=O)COCC(F)(F)F. The third-order valence-electron chi connectivity index (χ3n) is 2.04. The lowest BCUT2D eigenvalue weighted by atomic mass is 10.2. The van der Waals surface area contributed by atoms with Gasteiger partial charge in [-0.3, -0.25) is 4.79 Å². The van der Waals surface area contributed by atoms with Gasteiger partial charge in [0.15, 0.2) is 0 Å². The Morgan fingerprint density at radius 1 is 1.44 bits per heavy atom. The highest BCUT2D eigenvalue weighted by Crippen LogP contribution is 2.20. The number of alkyl halides is 3. The molecular formula is C11H11F3INO2. The first-order valence-corrected chi connectivity index (χ1v) is 6.07. The molecule has 1 amide bonds. The van der Waals surface area contributed by atoms with Gasteiger partial charge in [0.05, 0.1) is 0 Å². The summed E-state index contributed by atoms with van der Waals surface area (Å²) in [5.74, 6) is -0.607. The highest BCUT2D eigenvalue weighted by atomic mass is 127. The molecule has 0 aromatic heterocycles. The molecule has 0 radical (unpaired) electrons. The lowest BCUT2D eigenvalue weighted by Gasteiger charge is -2.10. The van der Waals surface area contributed by atoms with Gasteiger partial charge in [-0.2, -0.15) is 13.2 Å². The number of halogens is 4. The van der Waals surface area contributed by atoms with Gasteiger partial charge in [-0.05, 0) is 47.2 Å². The highest BCUT2D eigenvalue weighted by molar-refractivity contribution is 14.1. The largest absolute Gasteiger partial charge is 0.411 e. The van der Waals surface area contributed by atoms with E-state index in [1.807, 2.05) is 13.0 Å². The molecule has 0 saturated heterocycles. The first kappa shape index (κ1) is 15.2. The minimum atomic E-state index is -4.42. The molecule has 0 spiro atoms. The maximum Gasteiger partial charge on any atom is 0.411 e. The third-order valence-corrected chi connectivity index (χ3v) is 3.21. The molecule has 0 aliphatic heterocycles. The van der Waals surface area contributed by atoms with Crippen LogP contribution in [-0.4, -0.2) is 25.3 Å². The molecule has 1 N–H and O–H groups in total. The van der Waals surface area contributed by atoms with E-state index < -0.39 is 25.3 Å². The number of hydrogen-bond acceptors (Lipinski definition) is 2. The van der Waals surface area contributed by atoms with Gasteiger partial charge in [0, 0.05) is 9.26 Å². The molecule has 1 rings (SSSR count). The number of carbonyl (C=O) groups excluding carboxylic acids is 1. The van der Waals surface area contributed by atoms with Gasteiger partial charge in [-0.1, -0.05) is 6.07 Å². The Bertz CT molecular complexity index is 435. The van der Waals surface area contributed by atoms with Crippen molar-refractivity contribution in [3.63, 3.8) is 0 Å². The summed E-state index contributed by atoms with van der Waals surface area (Å²) in [6.07, 6.45) is -4.42.